The van der Waals surface area contributed by atoms with E-state index in [1.807, 2.05) is 78.9 Å². The highest BCUT2D eigenvalue weighted by atomic mass is 15.3. The van der Waals surface area contributed by atoms with E-state index in [4.69, 9.17) is 31.4 Å². The second kappa shape index (κ2) is 13.0. The highest BCUT2D eigenvalue weighted by Gasteiger charge is 2.20. The fourth-order valence-electron chi connectivity index (χ4n) is 7.23. The highest BCUT2D eigenvalue weighted by molar-refractivity contribution is 6.10. The molecular formula is C51H33N5. The summed E-state index contributed by atoms with van der Waals surface area (Å²) >= 11 is 0. The average Bonchev–Trinajstić information content (AvgIpc) is 3.96. The van der Waals surface area contributed by atoms with Gasteiger partial charge in [0.05, 0.1) is 44.0 Å². The lowest BCUT2D eigenvalue weighted by atomic mass is 9.92. The Bertz CT molecular complexity index is 3860. The van der Waals surface area contributed by atoms with Crippen LogP contribution in [0.1, 0.15) is 21.9 Å². The van der Waals surface area contributed by atoms with Crippen LogP contribution >= 0.6 is 0 Å². The van der Waals surface area contributed by atoms with Crippen LogP contribution in [0.25, 0.3) is 100 Å². The van der Waals surface area contributed by atoms with Crippen LogP contribution in [0, 0.1) is 0 Å². The van der Waals surface area contributed by atoms with E-state index in [0.717, 1.165) is 37.0 Å². The lowest BCUT2D eigenvalue weighted by Gasteiger charge is -2.14. The summed E-state index contributed by atoms with van der Waals surface area (Å²) in [5.41, 5.74) is 4.47. The number of hydrogen-bond acceptors (Lipinski definition) is 3. The van der Waals surface area contributed by atoms with E-state index < -0.39 is 109 Å². The minimum Gasteiger partial charge on any atom is -0.278 e. The molecule has 0 aliphatic carbocycles. The number of para-hydroxylation sites is 4. The van der Waals surface area contributed by atoms with Crippen molar-refractivity contribution in [3.8, 4) is 56.7 Å². The van der Waals surface area contributed by atoms with E-state index >= 15 is 0 Å². The molecule has 0 unspecified atom stereocenters. The summed E-state index contributed by atoms with van der Waals surface area (Å²) in [7, 11) is 0. The van der Waals surface area contributed by atoms with E-state index in [2.05, 4.69) is 6.07 Å². The molecular weight excluding hydrogens is 683 g/mol. The minimum atomic E-state index is -0.697. The first-order valence-corrected chi connectivity index (χ1v) is 17.6. The molecule has 5 heteroatoms. The molecule has 0 fully saturated rings. The summed E-state index contributed by atoms with van der Waals surface area (Å²) < 4.78 is 144. The minimum absolute atomic E-state index is 0.143. The lowest BCUT2D eigenvalue weighted by Crippen LogP contribution is -2.10. The summed E-state index contributed by atoms with van der Waals surface area (Å²) in [6, 6.07) is 22.5. The van der Waals surface area contributed by atoms with Crippen LogP contribution in [-0.4, -0.2) is 24.1 Å². The summed E-state index contributed by atoms with van der Waals surface area (Å²) in [6.07, 6.45) is 0. The molecule has 56 heavy (non-hydrogen) atoms. The van der Waals surface area contributed by atoms with E-state index in [9.17, 15) is 5.48 Å². The van der Waals surface area contributed by atoms with Gasteiger partial charge in [-0.2, -0.15) is 15.0 Å². The molecule has 0 saturated carbocycles. The molecule has 0 saturated heterocycles. The molecule has 262 valence electrons. The SMILES string of the molecule is [2H]c1c([2H])c([2H])c2c(c1[2H])c1c([2H])c([2H])c([2H])c([2H])c1n2-c1nc(-c2cccc(-c3cccc(-c4ccccc4-c4ccccc4)c3)c2)nc(-n2c3c([2H])c([2H])c([2H])c([2H])c3c3c([2H])c([2H])c([2H])c([2H])c32)n1. The Kier molecular flexibility index (Phi) is 4.57. The van der Waals surface area contributed by atoms with Crippen LogP contribution in [0.2, 0.25) is 0 Å². The van der Waals surface area contributed by atoms with Gasteiger partial charge >= 0.3 is 0 Å². The number of fused-ring (bicyclic) bond motifs is 6. The van der Waals surface area contributed by atoms with Crippen molar-refractivity contribution in [3.05, 3.63) is 200 Å². The quantitative estimate of drug-likeness (QED) is 0.171. The Morgan fingerprint density at radius 3 is 1.21 bits per heavy atom. The fraction of sp³-hybridized carbons (Fsp3) is 0. The zero-order chi connectivity index (χ0) is 50.9. The summed E-state index contributed by atoms with van der Waals surface area (Å²) in [5, 5.41) is -1.05. The summed E-state index contributed by atoms with van der Waals surface area (Å²) in [5.74, 6) is -1.07. The second-order valence-corrected chi connectivity index (χ2v) is 12.9. The topological polar surface area (TPSA) is 48.5 Å². The Balaban J connectivity index is 1.25. The third kappa shape index (κ3) is 5.21. The van der Waals surface area contributed by atoms with Crippen molar-refractivity contribution in [1.29, 1.82) is 0 Å². The molecule has 8 aromatic carbocycles. The van der Waals surface area contributed by atoms with Gasteiger partial charge in [-0.05, 0) is 69.7 Å². The molecule has 0 atom stereocenters. The maximum absolute atomic E-state index is 9.21. The first-order chi connectivity index (χ1) is 34.4. The van der Waals surface area contributed by atoms with Crippen molar-refractivity contribution in [2.45, 2.75) is 0 Å². The number of nitrogens with zero attached hydrogens (tertiary/aromatic N) is 5. The molecule has 11 rings (SSSR count). The predicted octanol–water partition coefficient (Wildman–Crippen LogP) is 12.7. The number of aromatic nitrogens is 5. The van der Waals surface area contributed by atoms with E-state index in [0.29, 0.717) is 11.1 Å². The van der Waals surface area contributed by atoms with Crippen LogP contribution in [-0.2, 0) is 0 Å². The van der Waals surface area contributed by atoms with Crippen LogP contribution in [0.3, 0.4) is 0 Å². The number of benzene rings is 8. The third-order valence-electron chi connectivity index (χ3n) is 9.72. The lowest BCUT2D eigenvalue weighted by molar-refractivity contribution is 0.893. The summed E-state index contributed by atoms with van der Waals surface area (Å²) in [6.45, 7) is 0. The van der Waals surface area contributed by atoms with Crippen LogP contribution < -0.4 is 0 Å². The van der Waals surface area contributed by atoms with Crippen molar-refractivity contribution in [2.24, 2.45) is 0 Å². The van der Waals surface area contributed by atoms with Crippen molar-refractivity contribution in [3.63, 3.8) is 0 Å². The molecule has 0 N–H and O–H groups in total. The Hall–Kier alpha value is -7.63. The van der Waals surface area contributed by atoms with E-state index in [1.165, 1.54) is 0 Å². The molecule has 0 radical (unpaired) electrons. The van der Waals surface area contributed by atoms with E-state index in [-0.39, 0.29) is 49.4 Å². The van der Waals surface area contributed by atoms with Gasteiger partial charge in [0.1, 0.15) is 0 Å². The molecule has 0 bridgehead atoms. The maximum Gasteiger partial charge on any atom is 0.240 e. The normalized spacial score (nSPS) is 15.6. The maximum atomic E-state index is 9.21. The first kappa shape index (κ1) is 19.6. The van der Waals surface area contributed by atoms with Gasteiger partial charge < -0.3 is 0 Å². The molecule has 0 aliphatic heterocycles. The van der Waals surface area contributed by atoms with Gasteiger partial charge in [0.25, 0.3) is 0 Å². The van der Waals surface area contributed by atoms with Gasteiger partial charge in [0.2, 0.25) is 11.9 Å². The van der Waals surface area contributed by atoms with Crippen molar-refractivity contribution < 1.29 is 21.9 Å². The third-order valence-corrected chi connectivity index (χ3v) is 9.72. The van der Waals surface area contributed by atoms with Crippen LogP contribution in [0.15, 0.2) is 200 Å². The highest BCUT2D eigenvalue weighted by Crippen LogP contribution is 2.37. The average molecular weight is 732 g/mol. The van der Waals surface area contributed by atoms with Gasteiger partial charge in [-0.3, -0.25) is 9.13 Å². The Labute approximate surface area is 345 Å². The molecule has 5 nitrogen and oxygen atoms in total. The molecule has 11 aromatic rings. The Morgan fingerprint density at radius 1 is 0.339 bits per heavy atom. The molecule has 0 amide bonds. The zero-order valence-corrected chi connectivity index (χ0v) is 29.1. The largest absolute Gasteiger partial charge is 0.278 e. The first-order valence-electron chi connectivity index (χ1n) is 25.6. The molecule has 0 spiro atoms. The van der Waals surface area contributed by atoms with Gasteiger partial charge in [0, 0.05) is 27.1 Å². The zero-order valence-electron chi connectivity index (χ0n) is 45.1. The molecule has 3 aromatic heterocycles. The van der Waals surface area contributed by atoms with Crippen molar-refractivity contribution >= 4 is 43.6 Å². The number of rotatable bonds is 6. The van der Waals surface area contributed by atoms with E-state index in [1.54, 1.807) is 18.2 Å². The van der Waals surface area contributed by atoms with Crippen LogP contribution in [0.4, 0.5) is 0 Å². The summed E-state index contributed by atoms with van der Waals surface area (Å²) in [4.78, 5) is 14.5. The monoisotopic (exact) mass is 731 g/mol. The Morgan fingerprint density at radius 2 is 0.714 bits per heavy atom. The van der Waals surface area contributed by atoms with Gasteiger partial charge in [-0.15, -0.1) is 0 Å². The molecule has 3 heterocycles. The van der Waals surface area contributed by atoms with Gasteiger partial charge in [0.15, 0.2) is 5.82 Å². The van der Waals surface area contributed by atoms with Crippen molar-refractivity contribution in [1.82, 2.24) is 24.1 Å². The molecule has 0 aliphatic rings. The standard InChI is InChI=1S/C51H33N5/c1-2-16-34(17-3-1)39-22-4-5-23-40(39)37-20-14-18-35(32-37)36-19-15-21-38(33-36)49-52-50(55-45-28-10-6-24-41(45)42-25-7-11-29-46(42)55)54-51(53-49)56-47-30-12-8-26-43(47)44-27-9-13-31-48(44)56/h1-33H/i6D,7D,8D,9D,10D,11D,12D,13D,24D,25D,26D,27D,28D,29D,30D,31D. The number of hydrogen-bond donors (Lipinski definition) is 0. The van der Waals surface area contributed by atoms with Crippen LogP contribution in [0.5, 0.6) is 0 Å². The van der Waals surface area contributed by atoms with Gasteiger partial charge in [-0.25, -0.2) is 0 Å². The van der Waals surface area contributed by atoms with Crippen molar-refractivity contribution in [2.75, 3.05) is 0 Å². The smallest absolute Gasteiger partial charge is 0.240 e. The van der Waals surface area contributed by atoms with Gasteiger partial charge in [-0.1, -0.05) is 164 Å². The fourth-order valence-corrected chi connectivity index (χ4v) is 7.23. The predicted molar refractivity (Wildman–Crippen MR) is 230 cm³/mol. The second-order valence-electron chi connectivity index (χ2n) is 12.9.